The topological polar surface area (TPSA) is 66.4 Å². The van der Waals surface area contributed by atoms with Crippen LogP contribution in [0.25, 0.3) is 0 Å². The van der Waals surface area contributed by atoms with E-state index in [-0.39, 0.29) is 11.5 Å². The summed E-state index contributed by atoms with van der Waals surface area (Å²) in [7, 11) is 0. The van der Waals surface area contributed by atoms with Crippen LogP contribution in [0.4, 0.5) is 4.39 Å². The Kier molecular flexibility index (Phi) is 5.03. The maximum atomic E-state index is 13.1. The van der Waals surface area contributed by atoms with Crippen LogP contribution in [0.3, 0.4) is 0 Å². The van der Waals surface area contributed by atoms with Crippen LogP contribution in [0.1, 0.15) is 36.2 Å². The van der Waals surface area contributed by atoms with Crippen molar-refractivity contribution >= 4 is 11.9 Å². The summed E-state index contributed by atoms with van der Waals surface area (Å²) < 4.78 is 13.1. The van der Waals surface area contributed by atoms with Crippen LogP contribution in [0, 0.1) is 18.7 Å². The van der Waals surface area contributed by atoms with Crippen LogP contribution < -0.4 is 5.32 Å². The zero-order valence-electron chi connectivity index (χ0n) is 11.2. The van der Waals surface area contributed by atoms with E-state index >= 15 is 0 Å². The molecular formula is C14H18FNO3. The number of amides is 1. The second kappa shape index (κ2) is 6.31. The molecule has 1 aromatic rings. The van der Waals surface area contributed by atoms with E-state index in [0.717, 1.165) is 6.07 Å². The number of hydrogen-bond acceptors (Lipinski definition) is 2. The average molecular weight is 267 g/mol. The molecule has 104 valence electrons. The van der Waals surface area contributed by atoms with Crippen LogP contribution in [-0.4, -0.2) is 23.0 Å². The summed E-state index contributed by atoms with van der Waals surface area (Å²) >= 11 is 0. The van der Waals surface area contributed by atoms with Gasteiger partial charge in [0, 0.05) is 5.56 Å². The number of carboxylic acids is 1. The molecule has 1 unspecified atom stereocenters. The number of hydrogen-bond donors (Lipinski definition) is 2. The highest BCUT2D eigenvalue weighted by Crippen LogP contribution is 2.13. The van der Waals surface area contributed by atoms with Crippen molar-refractivity contribution in [2.75, 3.05) is 0 Å². The molecule has 0 saturated carbocycles. The van der Waals surface area contributed by atoms with Gasteiger partial charge in [0.2, 0.25) is 0 Å². The Hall–Kier alpha value is -1.91. The number of carboxylic acid groups (broad SMARTS) is 1. The van der Waals surface area contributed by atoms with Crippen LogP contribution in [0.15, 0.2) is 18.2 Å². The van der Waals surface area contributed by atoms with E-state index in [2.05, 4.69) is 5.32 Å². The maximum Gasteiger partial charge on any atom is 0.326 e. The number of benzene rings is 1. The third kappa shape index (κ3) is 3.77. The Labute approximate surface area is 111 Å². The number of carbonyl (C=O) groups excluding carboxylic acids is 1. The van der Waals surface area contributed by atoms with Gasteiger partial charge in [0.15, 0.2) is 0 Å². The molecule has 0 aliphatic heterocycles. The van der Waals surface area contributed by atoms with E-state index in [9.17, 15) is 14.0 Å². The normalized spacial score (nSPS) is 13.7. The monoisotopic (exact) mass is 267 g/mol. The number of halogens is 1. The smallest absolute Gasteiger partial charge is 0.326 e. The van der Waals surface area contributed by atoms with Crippen molar-refractivity contribution in [2.45, 2.75) is 33.2 Å². The minimum Gasteiger partial charge on any atom is -0.480 e. The molecule has 4 nitrogen and oxygen atoms in total. The Morgan fingerprint density at radius 2 is 2.05 bits per heavy atom. The first-order chi connectivity index (χ1) is 8.86. The highest BCUT2D eigenvalue weighted by atomic mass is 19.1. The Balaban J connectivity index is 2.94. The van der Waals surface area contributed by atoms with Crippen molar-refractivity contribution in [1.29, 1.82) is 0 Å². The van der Waals surface area contributed by atoms with E-state index in [4.69, 9.17) is 5.11 Å². The fourth-order valence-corrected chi connectivity index (χ4v) is 1.74. The van der Waals surface area contributed by atoms with Gasteiger partial charge in [0.25, 0.3) is 5.91 Å². The highest BCUT2D eigenvalue weighted by Gasteiger charge is 2.26. The third-order valence-electron chi connectivity index (χ3n) is 3.21. The summed E-state index contributed by atoms with van der Waals surface area (Å²) in [5.74, 6) is -2.37. The Morgan fingerprint density at radius 1 is 1.42 bits per heavy atom. The summed E-state index contributed by atoms with van der Waals surface area (Å²) in [4.78, 5) is 23.1. The minimum absolute atomic E-state index is 0.162. The summed E-state index contributed by atoms with van der Waals surface area (Å²) in [5.41, 5.74) is 0.766. The number of carbonyl (C=O) groups is 2. The van der Waals surface area contributed by atoms with Gasteiger partial charge in [-0.2, -0.15) is 0 Å². The first kappa shape index (κ1) is 15.1. The zero-order chi connectivity index (χ0) is 14.6. The van der Waals surface area contributed by atoms with Crippen molar-refractivity contribution in [3.8, 4) is 0 Å². The summed E-state index contributed by atoms with van der Waals surface area (Å²) in [6.07, 6.45) is 0.624. The van der Waals surface area contributed by atoms with Crippen molar-refractivity contribution in [3.05, 3.63) is 35.1 Å². The lowest BCUT2D eigenvalue weighted by Gasteiger charge is -2.20. The molecule has 0 fully saturated rings. The highest BCUT2D eigenvalue weighted by molar-refractivity contribution is 5.97. The molecule has 0 aliphatic carbocycles. The molecule has 19 heavy (non-hydrogen) atoms. The van der Waals surface area contributed by atoms with Crippen LogP contribution in [0.5, 0.6) is 0 Å². The summed E-state index contributed by atoms with van der Waals surface area (Å²) in [5, 5.41) is 11.6. The largest absolute Gasteiger partial charge is 0.480 e. The molecule has 0 radical (unpaired) electrons. The SMILES string of the molecule is CCC(C)[C@H](NC(=O)c1cc(F)ccc1C)C(=O)O. The van der Waals surface area contributed by atoms with Crippen molar-refractivity contribution < 1.29 is 19.1 Å². The maximum absolute atomic E-state index is 13.1. The van der Waals surface area contributed by atoms with Gasteiger partial charge >= 0.3 is 5.97 Å². The van der Waals surface area contributed by atoms with Gasteiger partial charge in [-0.05, 0) is 30.5 Å². The van der Waals surface area contributed by atoms with E-state index in [0.29, 0.717) is 12.0 Å². The van der Waals surface area contributed by atoms with Gasteiger partial charge in [-0.3, -0.25) is 4.79 Å². The second-order valence-corrected chi connectivity index (χ2v) is 4.63. The summed E-state index contributed by atoms with van der Waals surface area (Å²) in [6, 6.07) is 2.89. The number of nitrogens with one attached hydrogen (secondary N) is 1. The van der Waals surface area contributed by atoms with E-state index in [1.165, 1.54) is 12.1 Å². The van der Waals surface area contributed by atoms with Crippen molar-refractivity contribution in [1.82, 2.24) is 5.32 Å². The van der Waals surface area contributed by atoms with Gasteiger partial charge in [-0.1, -0.05) is 26.3 Å². The van der Waals surface area contributed by atoms with Crippen LogP contribution >= 0.6 is 0 Å². The Morgan fingerprint density at radius 3 is 2.58 bits per heavy atom. The van der Waals surface area contributed by atoms with Gasteiger partial charge in [-0.15, -0.1) is 0 Å². The van der Waals surface area contributed by atoms with Crippen molar-refractivity contribution in [3.63, 3.8) is 0 Å². The molecule has 2 atom stereocenters. The second-order valence-electron chi connectivity index (χ2n) is 4.63. The molecule has 0 spiro atoms. The molecule has 1 rings (SSSR count). The molecule has 2 N–H and O–H groups in total. The molecule has 0 aliphatic rings. The van der Waals surface area contributed by atoms with Gasteiger partial charge < -0.3 is 10.4 Å². The predicted molar refractivity (Wildman–Crippen MR) is 69.5 cm³/mol. The first-order valence-corrected chi connectivity index (χ1v) is 6.16. The molecule has 0 aromatic heterocycles. The van der Waals surface area contributed by atoms with Gasteiger partial charge in [0.1, 0.15) is 11.9 Å². The Bertz CT molecular complexity index is 488. The molecule has 1 aromatic carbocycles. The molecule has 0 bridgehead atoms. The standard InChI is InChI=1S/C14H18FNO3/c1-4-8(2)12(14(18)19)16-13(17)11-7-10(15)6-5-9(11)3/h5-8,12H,4H2,1-3H3,(H,16,17)(H,18,19)/t8?,12-/m0/s1. The number of rotatable bonds is 5. The first-order valence-electron chi connectivity index (χ1n) is 6.16. The molecule has 5 heteroatoms. The molecule has 1 amide bonds. The number of aliphatic carboxylic acids is 1. The van der Waals surface area contributed by atoms with E-state index < -0.39 is 23.7 Å². The molecule has 0 saturated heterocycles. The van der Waals surface area contributed by atoms with Crippen LogP contribution in [0.2, 0.25) is 0 Å². The van der Waals surface area contributed by atoms with E-state index in [1.807, 2.05) is 6.92 Å². The zero-order valence-corrected chi connectivity index (χ0v) is 11.2. The van der Waals surface area contributed by atoms with E-state index in [1.54, 1.807) is 13.8 Å². The summed E-state index contributed by atoms with van der Waals surface area (Å²) in [6.45, 7) is 5.27. The quantitative estimate of drug-likeness (QED) is 0.860. The van der Waals surface area contributed by atoms with Crippen molar-refractivity contribution in [2.24, 2.45) is 5.92 Å². The van der Waals surface area contributed by atoms with Gasteiger partial charge in [0.05, 0.1) is 0 Å². The van der Waals surface area contributed by atoms with Crippen LogP contribution in [-0.2, 0) is 4.79 Å². The lowest BCUT2D eigenvalue weighted by atomic mass is 9.98. The molecule has 0 heterocycles. The predicted octanol–water partition coefficient (Wildman–Crippen LogP) is 2.36. The fourth-order valence-electron chi connectivity index (χ4n) is 1.74. The molecular weight excluding hydrogens is 249 g/mol. The lowest BCUT2D eigenvalue weighted by molar-refractivity contribution is -0.140. The van der Waals surface area contributed by atoms with Gasteiger partial charge in [-0.25, -0.2) is 9.18 Å². The number of aryl methyl sites for hydroxylation is 1. The average Bonchev–Trinajstić information content (AvgIpc) is 2.37. The minimum atomic E-state index is -1.09. The fraction of sp³-hybridized carbons (Fsp3) is 0.429. The third-order valence-corrected chi connectivity index (χ3v) is 3.21. The lowest BCUT2D eigenvalue weighted by Crippen LogP contribution is -2.45.